The lowest BCUT2D eigenvalue weighted by Gasteiger charge is -2.09. The van der Waals surface area contributed by atoms with Crippen LogP contribution in [0.15, 0.2) is 17.1 Å². The third-order valence-corrected chi connectivity index (χ3v) is 1.94. The van der Waals surface area contributed by atoms with Gasteiger partial charge in [-0.05, 0) is 0 Å². The second-order valence-electron chi connectivity index (χ2n) is 3.56. The molecule has 0 saturated carbocycles. The zero-order chi connectivity index (χ0) is 14.3. The van der Waals surface area contributed by atoms with Crippen molar-refractivity contribution in [3.8, 4) is 5.75 Å². The van der Waals surface area contributed by atoms with Crippen LogP contribution in [0.1, 0.15) is 0 Å². The smallest absolute Gasteiger partial charge is 0.411 e. The molecule has 1 heterocycles. The van der Waals surface area contributed by atoms with Crippen LogP contribution in [-0.4, -0.2) is 42.3 Å². The molecule has 0 amide bonds. The number of hydrogen-bond acceptors (Lipinski definition) is 5. The van der Waals surface area contributed by atoms with Crippen molar-refractivity contribution < 1.29 is 22.6 Å². The van der Waals surface area contributed by atoms with Crippen molar-refractivity contribution in [2.24, 2.45) is 5.73 Å². The number of ether oxygens (including phenoxy) is 2. The van der Waals surface area contributed by atoms with Gasteiger partial charge in [0, 0.05) is 12.6 Å². The van der Waals surface area contributed by atoms with E-state index in [9.17, 15) is 18.0 Å². The summed E-state index contributed by atoms with van der Waals surface area (Å²) >= 11 is 0. The van der Waals surface area contributed by atoms with E-state index in [1.165, 1.54) is 12.3 Å². The monoisotopic (exact) mass is 281 g/mol. The van der Waals surface area contributed by atoms with Crippen molar-refractivity contribution in [3.05, 3.63) is 22.6 Å². The third-order valence-electron chi connectivity index (χ3n) is 1.94. The van der Waals surface area contributed by atoms with Crippen molar-refractivity contribution in [3.63, 3.8) is 0 Å². The first-order chi connectivity index (χ1) is 8.92. The van der Waals surface area contributed by atoms with Gasteiger partial charge in [-0.3, -0.25) is 4.79 Å². The number of hydrogen-bond donors (Lipinski definition) is 1. The highest BCUT2D eigenvalue weighted by molar-refractivity contribution is 5.13. The van der Waals surface area contributed by atoms with Gasteiger partial charge in [0.05, 0.1) is 19.3 Å². The molecule has 0 spiro atoms. The molecule has 0 saturated heterocycles. The predicted octanol–water partition coefficient (Wildman–Crippen LogP) is 0.160. The van der Waals surface area contributed by atoms with Crippen LogP contribution in [0.4, 0.5) is 13.2 Å². The van der Waals surface area contributed by atoms with Gasteiger partial charge in [0.2, 0.25) is 0 Å². The summed E-state index contributed by atoms with van der Waals surface area (Å²) in [6.45, 7) is -1.12. The van der Waals surface area contributed by atoms with E-state index in [2.05, 4.69) is 9.84 Å². The van der Waals surface area contributed by atoms with Crippen molar-refractivity contribution in [1.82, 2.24) is 9.78 Å². The highest BCUT2D eigenvalue weighted by atomic mass is 19.4. The summed E-state index contributed by atoms with van der Waals surface area (Å²) < 4.78 is 45.8. The minimum absolute atomic E-state index is 0.0634. The van der Waals surface area contributed by atoms with Gasteiger partial charge in [0.15, 0.2) is 0 Å². The molecule has 6 nitrogen and oxygen atoms in total. The van der Waals surface area contributed by atoms with E-state index in [-0.39, 0.29) is 25.5 Å². The standard InChI is InChI=1S/C10H14F3N3O3/c11-10(12,13)7-18-4-2-16-9(17)5-8(6-15-16)19-3-1-14/h5-6H,1-4,7,14H2. The van der Waals surface area contributed by atoms with Crippen LogP contribution in [0, 0.1) is 0 Å². The number of rotatable bonds is 7. The van der Waals surface area contributed by atoms with Crippen LogP contribution in [0.2, 0.25) is 0 Å². The summed E-state index contributed by atoms with van der Waals surface area (Å²) in [6.07, 6.45) is -3.08. The number of alkyl halides is 3. The predicted molar refractivity (Wildman–Crippen MR) is 59.9 cm³/mol. The van der Waals surface area contributed by atoms with Crippen LogP contribution in [0.3, 0.4) is 0 Å². The summed E-state index contributed by atoms with van der Waals surface area (Å²) in [6, 6.07) is 1.19. The lowest BCUT2D eigenvalue weighted by atomic mass is 10.5. The van der Waals surface area contributed by atoms with Gasteiger partial charge in [0.25, 0.3) is 5.56 Å². The van der Waals surface area contributed by atoms with Gasteiger partial charge in [-0.15, -0.1) is 0 Å². The first kappa shape index (κ1) is 15.4. The lowest BCUT2D eigenvalue weighted by Crippen LogP contribution is -2.26. The Kier molecular flexibility index (Phi) is 5.77. The molecule has 9 heteroatoms. The summed E-state index contributed by atoms with van der Waals surface area (Å²) in [5, 5.41) is 3.74. The highest BCUT2D eigenvalue weighted by Gasteiger charge is 2.27. The molecular formula is C10H14F3N3O3. The average molecular weight is 281 g/mol. The SMILES string of the molecule is NCCOc1cnn(CCOCC(F)(F)F)c(=O)c1. The molecule has 0 aromatic carbocycles. The molecule has 19 heavy (non-hydrogen) atoms. The molecule has 0 bridgehead atoms. The minimum Gasteiger partial charge on any atom is -0.490 e. The van der Waals surface area contributed by atoms with E-state index in [0.717, 1.165) is 4.68 Å². The Morgan fingerprint density at radius 1 is 1.37 bits per heavy atom. The van der Waals surface area contributed by atoms with Crippen LogP contribution < -0.4 is 16.0 Å². The topological polar surface area (TPSA) is 79.4 Å². The summed E-state index contributed by atoms with van der Waals surface area (Å²) in [5.41, 5.74) is 4.74. The normalized spacial score (nSPS) is 11.6. The number of aromatic nitrogens is 2. The Hall–Kier alpha value is -1.61. The molecule has 0 aliphatic heterocycles. The molecule has 1 rings (SSSR count). The van der Waals surface area contributed by atoms with Gasteiger partial charge in [-0.25, -0.2) is 4.68 Å². The van der Waals surface area contributed by atoms with Crippen LogP contribution in [-0.2, 0) is 11.3 Å². The van der Waals surface area contributed by atoms with Gasteiger partial charge >= 0.3 is 6.18 Å². The first-order valence-electron chi connectivity index (χ1n) is 5.47. The molecule has 1 aromatic heterocycles. The Bertz CT molecular complexity index is 448. The molecule has 0 aliphatic carbocycles. The quantitative estimate of drug-likeness (QED) is 0.720. The fourth-order valence-electron chi connectivity index (χ4n) is 1.18. The maximum atomic E-state index is 11.8. The van der Waals surface area contributed by atoms with Crippen molar-refractivity contribution in [1.29, 1.82) is 0 Å². The molecule has 0 radical (unpaired) electrons. The van der Waals surface area contributed by atoms with Gasteiger partial charge in [-0.2, -0.15) is 18.3 Å². The first-order valence-corrected chi connectivity index (χ1v) is 5.47. The second-order valence-corrected chi connectivity index (χ2v) is 3.56. The van der Waals surface area contributed by atoms with E-state index in [4.69, 9.17) is 10.5 Å². The Morgan fingerprint density at radius 2 is 2.11 bits per heavy atom. The molecule has 2 N–H and O–H groups in total. The fourth-order valence-corrected chi connectivity index (χ4v) is 1.18. The Morgan fingerprint density at radius 3 is 2.68 bits per heavy atom. The summed E-state index contributed by atoms with van der Waals surface area (Å²) in [4.78, 5) is 11.5. The second kappa shape index (κ2) is 7.10. The summed E-state index contributed by atoms with van der Waals surface area (Å²) in [7, 11) is 0. The molecule has 0 aliphatic rings. The van der Waals surface area contributed by atoms with Gasteiger partial charge in [-0.1, -0.05) is 0 Å². The average Bonchev–Trinajstić information content (AvgIpc) is 2.32. The molecule has 1 aromatic rings. The number of nitrogens with zero attached hydrogens (tertiary/aromatic N) is 2. The van der Waals surface area contributed by atoms with E-state index in [1.54, 1.807) is 0 Å². The van der Waals surface area contributed by atoms with Crippen molar-refractivity contribution >= 4 is 0 Å². The van der Waals surface area contributed by atoms with Crippen LogP contribution in [0.25, 0.3) is 0 Å². The maximum absolute atomic E-state index is 11.8. The third kappa shape index (κ3) is 6.20. The van der Waals surface area contributed by atoms with Crippen molar-refractivity contribution in [2.45, 2.75) is 12.7 Å². The van der Waals surface area contributed by atoms with Gasteiger partial charge < -0.3 is 15.2 Å². The molecule has 0 atom stereocenters. The minimum atomic E-state index is -4.38. The molecular weight excluding hydrogens is 267 g/mol. The maximum Gasteiger partial charge on any atom is 0.411 e. The van der Waals surface area contributed by atoms with E-state index < -0.39 is 18.3 Å². The van der Waals surface area contributed by atoms with E-state index in [0.29, 0.717) is 6.54 Å². The van der Waals surface area contributed by atoms with Crippen LogP contribution in [0.5, 0.6) is 5.75 Å². The molecule has 0 unspecified atom stereocenters. The van der Waals surface area contributed by atoms with Crippen molar-refractivity contribution in [2.75, 3.05) is 26.4 Å². The molecule has 108 valence electrons. The van der Waals surface area contributed by atoms with E-state index in [1.807, 2.05) is 0 Å². The zero-order valence-electron chi connectivity index (χ0n) is 10.0. The number of halogens is 3. The summed E-state index contributed by atoms with van der Waals surface area (Å²) in [5.74, 6) is 0.267. The fraction of sp³-hybridized carbons (Fsp3) is 0.600. The lowest BCUT2D eigenvalue weighted by molar-refractivity contribution is -0.174. The number of nitrogens with two attached hydrogens (primary N) is 1. The zero-order valence-corrected chi connectivity index (χ0v) is 10.0. The van der Waals surface area contributed by atoms with E-state index >= 15 is 0 Å². The Labute approximate surface area is 106 Å². The largest absolute Gasteiger partial charge is 0.490 e. The Balaban J connectivity index is 2.44. The van der Waals surface area contributed by atoms with Gasteiger partial charge in [0.1, 0.15) is 19.0 Å². The molecule has 0 fully saturated rings. The van der Waals surface area contributed by atoms with Crippen LogP contribution >= 0.6 is 0 Å². The highest BCUT2D eigenvalue weighted by Crippen LogP contribution is 2.14.